The second-order valence-corrected chi connectivity index (χ2v) is 7.49. The van der Waals surface area contributed by atoms with Crippen LogP contribution in [0.4, 0.5) is 0 Å². The molecule has 1 aromatic carbocycles. The first kappa shape index (κ1) is 16.4. The molecular weight excluding hydrogens is 332 g/mol. The second-order valence-electron chi connectivity index (χ2n) is 6.62. The molecule has 1 aliphatic heterocycles. The summed E-state index contributed by atoms with van der Waals surface area (Å²) in [6.45, 7) is 8.07. The molecule has 0 amide bonds. The van der Waals surface area contributed by atoms with E-state index < -0.39 is 0 Å². The van der Waals surface area contributed by atoms with Gasteiger partial charge >= 0.3 is 0 Å². The molecule has 3 aromatic rings. The Morgan fingerprint density at radius 1 is 1.08 bits per heavy atom. The molecule has 2 aromatic heterocycles. The van der Waals surface area contributed by atoms with E-state index in [9.17, 15) is 4.79 Å². The molecule has 0 radical (unpaired) electrons. The van der Waals surface area contributed by atoms with Crippen molar-refractivity contribution in [2.45, 2.75) is 20.0 Å². The minimum Gasteiger partial charge on any atom is -0.297 e. The molecule has 130 valence electrons. The first-order chi connectivity index (χ1) is 12.2. The van der Waals surface area contributed by atoms with Crippen LogP contribution in [0.3, 0.4) is 0 Å². The summed E-state index contributed by atoms with van der Waals surface area (Å²) in [6.07, 6.45) is 1.78. The van der Waals surface area contributed by atoms with E-state index in [1.54, 1.807) is 16.7 Å². The minimum absolute atomic E-state index is 0.0134. The van der Waals surface area contributed by atoms with Crippen LogP contribution in [-0.4, -0.2) is 45.4 Å². The van der Waals surface area contributed by atoms with Gasteiger partial charge in [-0.05, 0) is 18.1 Å². The summed E-state index contributed by atoms with van der Waals surface area (Å²) in [4.78, 5) is 22.4. The van der Waals surface area contributed by atoms with Crippen molar-refractivity contribution in [1.29, 1.82) is 0 Å². The third-order valence-corrected chi connectivity index (χ3v) is 5.62. The highest BCUT2D eigenvalue weighted by atomic mass is 32.1. The largest absolute Gasteiger partial charge is 0.297 e. The van der Waals surface area contributed by atoms with Gasteiger partial charge in [0.2, 0.25) is 0 Å². The Morgan fingerprint density at radius 3 is 2.56 bits per heavy atom. The number of aryl methyl sites for hydroxylation is 1. The lowest BCUT2D eigenvalue weighted by Gasteiger charge is -2.34. The molecule has 0 saturated carbocycles. The molecule has 5 nitrogen and oxygen atoms in total. The molecule has 3 heterocycles. The Labute approximate surface area is 151 Å². The highest BCUT2D eigenvalue weighted by molar-refractivity contribution is 7.15. The molecule has 25 heavy (non-hydrogen) atoms. The van der Waals surface area contributed by atoms with Crippen LogP contribution < -0.4 is 5.56 Å². The first-order valence-electron chi connectivity index (χ1n) is 8.64. The van der Waals surface area contributed by atoms with E-state index in [2.05, 4.69) is 46.0 Å². The quantitative estimate of drug-likeness (QED) is 0.721. The van der Waals surface area contributed by atoms with Gasteiger partial charge in [-0.25, -0.2) is 4.98 Å². The van der Waals surface area contributed by atoms with Gasteiger partial charge in [0.25, 0.3) is 5.56 Å². The molecule has 1 fully saturated rings. The average Bonchev–Trinajstić information content (AvgIpc) is 3.08. The van der Waals surface area contributed by atoms with Crippen molar-refractivity contribution < 1.29 is 0 Å². The van der Waals surface area contributed by atoms with Crippen LogP contribution in [0, 0.1) is 6.92 Å². The molecule has 0 bridgehead atoms. The predicted octanol–water partition coefficient (Wildman–Crippen LogP) is 2.38. The van der Waals surface area contributed by atoms with Crippen LogP contribution in [0.15, 0.2) is 46.7 Å². The summed E-state index contributed by atoms with van der Waals surface area (Å²) < 4.78 is 1.61. The third kappa shape index (κ3) is 3.66. The average molecular weight is 354 g/mol. The monoisotopic (exact) mass is 354 g/mol. The fourth-order valence-electron chi connectivity index (χ4n) is 3.33. The Bertz CT molecular complexity index is 924. The van der Waals surface area contributed by atoms with Crippen LogP contribution in [0.5, 0.6) is 0 Å². The summed E-state index contributed by atoms with van der Waals surface area (Å²) >= 11 is 1.51. The van der Waals surface area contributed by atoms with Gasteiger partial charge in [0, 0.05) is 56.9 Å². The summed E-state index contributed by atoms with van der Waals surface area (Å²) in [7, 11) is 0. The van der Waals surface area contributed by atoms with Gasteiger partial charge in [-0.2, -0.15) is 0 Å². The lowest BCUT2D eigenvalue weighted by molar-refractivity contribution is 0.121. The molecule has 0 unspecified atom stereocenters. The van der Waals surface area contributed by atoms with E-state index in [0.717, 1.165) is 49.9 Å². The van der Waals surface area contributed by atoms with Crippen molar-refractivity contribution in [2.24, 2.45) is 0 Å². The molecule has 1 aliphatic rings. The fraction of sp³-hybridized carbons (Fsp3) is 0.368. The van der Waals surface area contributed by atoms with Crippen molar-refractivity contribution in [1.82, 2.24) is 19.2 Å². The van der Waals surface area contributed by atoms with Gasteiger partial charge < -0.3 is 0 Å². The van der Waals surface area contributed by atoms with E-state index in [-0.39, 0.29) is 5.56 Å². The lowest BCUT2D eigenvalue weighted by Crippen LogP contribution is -2.45. The zero-order chi connectivity index (χ0) is 17.2. The lowest BCUT2D eigenvalue weighted by atomic mass is 10.1. The molecule has 0 N–H and O–H groups in total. The Morgan fingerprint density at radius 2 is 1.80 bits per heavy atom. The van der Waals surface area contributed by atoms with Gasteiger partial charge in [0.1, 0.15) is 0 Å². The van der Waals surface area contributed by atoms with Gasteiger partial charge in [0.05, 0.1) is 5.69 Å². The van der Waals surface area contributed by atoms with Crippen molar-refractivity contribution in [3.05, 3.63) is 69.1 Å². The van der Waals surface area contributed by atoms with E-state index in [1.807, 2.05) is 5.38 Å². The van der Waals surface area contributed by atoms with Crippen molar-refractivity contribution in [3.8, 4) is 0 Å². The number of aromatic nitrogens is 2. The normalized spacial score (nSPS) is 16.5. The molecule has 6 heteroatoms. The second kappa shape index (κ2) is 7.07. The Hall–Kier alpha value is -2.02. The first-order valence-corrected chi connectivity index (χ1v) is 9.52. The number of benzene rings is 1. The summed E-state index contributed by atoms with van der Waals surface area (Å²) in [6, 6.07) is 10.3. The molecular formula is C19H22N4OS. The molecule has 0 atom stereocenters. The van der Waals surface area contributed by atoms with Crippen LogP contribution in [0.2, 0.25) is 0 Å². The third-order valence-electron chi connectivity index (χ3n) is 4.86. The Kier molecular flexibility index (Phi) is 4.65. The van der Waals surface area contributed by atoms with Crippen LogP contribution in [0.1, 0.15) is 16.8 Å². The molecule has 4 rings (SSSR count). The van der Waals surface area contributed by atoms with E-state index in [1.165, 1.54) is 22.5 Å². The smallest absolute Gasteiger partial charge is 0.258 e. The number of rotatable bonds is 4. The molecule has 0 aliphatic carbocycles. The number of hydrogen-bond donors (Lipinski definition) is 0. The number of nitrogens with zero attached hydrogens (tertiary/aromatic N) is 4. The molecule has 1 saturated heterocycles. The van der Waals surface area contributed by atoms with Crippen LogP contribution in [-0.2, 0) is 13.1 Å². The van der Waals surface area contributed by atoms with Gasteiger partial charge in [-0.15, -0.1) is 11.3 Å². The summed E-state index contributed by atoms with van der Waals surface area (Å²) in [5.41, 5.74) is 3.66. The number of thiazole rings is 1. The van der Waals surface area contributed by atoms with E-state index in [0.29, 0.717) is 0 Å². The predicted molar refractivity (Wildman–Crippen MR) is 101 cm³/mol. The SMILES string of the molecule is Cc1ccccc1CN1CCN(Cc2cc(=O)n3ccsc3n2)CC1. The van der Waals surface area contributed by atoms with Crippen LogP contribution >= 0.6 is 11.3 Å². The van der Waals surface area contributed by atoms with Gasteiger partial charge in [-0.1, -0.05) is 24.3 Å². The van der Waals surface area contributed by atoms with Crippen molar-refractivity contribution in [2.75, 3.05) is 26.2 Å². The van der Waals surface area contributed by atoms with Crippen molar-refractivity contribution >= 4 is 16.3 Å². The number of fused-ring (bicyclic) bond motifs is 1. The maximum absolute atomic E-state index is 12.1. The van der Waals surface area contributed by atoms with Gasteiger partial charge in [-0.3, -0.25) is 19.0 Å². The van der Waals surface area contributed by atoms with E-state index >= 15 is 0 Å². The van der Waals surface area contributed by atoms with Crippen molar-refractivity contribution in [3.63, 3.8) is 0 Å². The maximum Gasteiger partial charge on any atom is 0.258 e. The van der Waals surface area contributed by atoms with Gasteiger partial charge in [0.15, 0.2) is 4.96 Å². The zero-order valence-electron chi connectivity index (χ0n) is 14.4. The topological polar surface area (TPSA) is 40.9 Å². The minimum atomic E-state index is 0.0134. The van der Waals surface area contributed by atoms with E-state index in [4.69, 9.17) is 0 Å². The molecule has 0 spiro atoms. The fourth-order valence-corrected chi connectivity index (χ4v) is 4.07. The Balaban J connectivity index is 1.37. The van der Waals surface area contributed by atoms with Crippen LogP contribution in [0.25, 0.3) is 4.96 Å². The maximum atomic E-state index is 12.1. The number of piperazine rings is 1. The summed E-state index contributed by atoms with van der Waals surface area (Å²) in [5.74, 6) is 0. The highest BCUT2D eigenvalue weighted by Crippen LogP contribution is 2.14. The zero-order valence-corrected chi connectivity index (χ0v) is 15.2. The highest BCUT2D eigenvalue weighted by Gasteiger charge is 2.18. The number of hydrogen-bond acceptors (Lipinski definition) is 5. The summed E-state index contributed by atoms with van der Waals surface area (Å²) in [5, 5.41) is 1.90. The standard InChI is InChI=1S/C19H22N4OS/c1-15-4-2-3-5-16(15)13-21-6-8-22(9-7-21)14-17-12-18(24)23-10-11-25-19(23)20-17/h2-5,10-12H,6-9,13-14H2,1H3.